The predicted octanol–water partition coefficient (Wildman–Crippen LogP) is 2.84. The highest BCUT2D eigenvalue weighted by atomic mass is 79.9. The lowest BCUT2D eigenvalue weighted by atomic mass is 10.0. The number of carbonyl (C=O) groups is 2. The summed E-state index contributed by atoms with van der Waals surface area (Å²) in [7, 11) is 0. The summed E-state index contributed by atoms with van der Waals surface area (Å²) in [5.41, 5.74) is 5.77. The summed E-state index contributed by atoms with van der Waals surface area (Å²) in [4.78, 5) is 23.4. The summed E-state index contributed by atoms with van der Waals surface area (Å²) < 4.78 is 1.57. The monoisotopic (exact) mass is 390 g/mol. The summed E-state index contributed by atoms with van der Waals surface area (Å²) >= 11 is 6.63. The van der Waals surface area contributed by atoms with Gasteiger partial charge in [0.25, 0.3) is 5.91 Å². The SMILES string of the molecule is CC(C)C[C@H](NC(=O)c1cc(Br)cc(Br)c1)C(N)=O. The van der Waals surface area contributed by atoms with Gasteiger partial charge in [-0.3, -0.25) is 9.59 Å². The first kappa shape index (κ1) is 16.2. The van der Waals surface area contributed by atoms with Crippen LogP contribution in [-0.4, -0.2) is 17.9 Å². The quantitative estimate of drug-likeness (QED) is 0.809. The van der Waals surface area contributed by atoms with Crippen LogP contribution in [0.25, 0.3) is 0 Å². The fourth-order valence-electron chi connectivity index (χ4n) is 1.64. The van der Waals surface area contributed by atoms with E-state index in [0.29, 0.717) is 12.0 Å². The molecule has 6 heteroatoms. The van der Waals surface area contributed by atoms with Gasteiger partial charge < -0.3 is 11.1 Å². The lowest BCUT2D eigenvalue weighted by molar-refractivity contribution is -0.120. The molecule has 0 fully saturated rings. The average Bonchev–Trinajstić information content (AvgIpc) is 2.25. The summed E-state index contributed by atoms with van der Waals surface area (Å²) in [6.07, 6.45) is 0.524. The number of benzene rings is 1. The molecule has 0 aliphatic carbocycles. The van der Waals surface area contributed by atoms with Crippen LogP contribution in [0.15, 0.2) is 27.1 Å². The van der Waals surface area contributed by atoms with E-state index < -0.39 is 11.9 Å². The van der Waals surface area contributed by atoms with Crippen molar-refractivity contribution < 1.29 is 9.59 Å². The number of rotatable bonds is 5. The van der Waals surface area contributed by atoms with Crippen LogP contribution >= 0.6 is 31.9 Å². The number of nitrogens with one attached hydrogen (secondary N) is 1. The normalized spacial score (nSPS) is 12.3. The topological polar surface area (TPSA) is 72.2 Å². The molecule has 0 spiro atoms. The molecular weight excluding hydrogens is 376 g/mol. The minimum Gasteiger partial charge on any atom is -0.368 e. The smallest absolute Gasteiger partial charge is 0.252 e. The third-order valence-electron chi connectivity index (χ3n) is 2.48. The zero-order valence-electron chi connectivity index (χ0n) is 10.7. The molecule has 1 rings (SSSR count). The first-order valence-electron chi connectivity index (χ1n) is 5.86. The van der Waals surface area contributed by atoms with Gasteiger partial charge in [0.1, 0.15) is 6.04 Å². The van der Waals surface area contributed by atoms with Crippen molar-refractivity contribution >= 4 is 43.7 Å². The van der Waals surface area contributed by atoms with E-state index in [1.54, 1.807) is 12.1 Å². The maximum absolute atomic E-state index is 12.1. The third-order valence-corrected chi connectivity index (χ3v) is 3.40. The van der Waals surface area contributed by atoms with Crippen molar-refractivity contribution in [2.75, 3.05) is 0 Å². The minimum atomic E-state index is -0.648. The fraction of sp³-hybridized carbons (Fsp3) is 0.385. The van der Waals surface area contributed by atoms with Gasteiger partial charge in [-0.1, -0.05) is 45.7 Å². The summed E-state index contributed by atoms with van der Waals surface area (Å²) in [6.45, 7) is 3.94. The van der Waals surface area contributed by atoms with E-state index in [9.17, 15) is 9.59 Å². The van der Waals surface area contributed by atoms with Crippen LogP contribution < -0.4 is 11.1 Å². The molecule has 104 valence electrons. The molecule has 1 aromatic rings. The Kier molecular flexibility index (Phi) is 6.00. The Morgan fingerprint density at radius 1 is 1.21 bits per heavy atom. The number of nitrogens with two attached hydrogens (primary N) is 1. The number of amides is 2. The van der Waals surface area contributed by atoms with Gasteiger partial charge in [0.2, 0.25) is 5.91 Å². The van der Waals surface area contributed by atoms with Gasteiger partial charge in [-0.15, -0.1) is 0 Å². The van der Waals surface area contributed by atoms with Crippen molar-refractivity contribution in [1.82, 2.24) is 5.32 Å². The Labute approximate surface area is 129 Å². The molecule has 19 heavy (non-hydrogen) atoms. The minimum absolute atomic E-state index is 0.270. The van der Waals surface area contributed by atoms with E-state index in [1.807, 2.05) is 19.9 Å². The molecule has 1 aromatic carbocycles. The second-order valence-corrected chi connectivity index (χ2v) is 6.55. The Balaban J connectivity index is 2.84. The molecule has 0 radical (unpaired) electrons. The average molecular weight is 392 g/mol. The highest BCUT2D eigenvalue weighted by Crippen LogP contribution is 2.20. The fourth-order valence-corrected chi connectivity index (χ4v) is 2.94. The molecule has 2 amide bonds. The third kappa shape index (κ3) is 5.32. The molecule has 0 aliphatic heterocycles. The number of carbonyl (C=O) groups excluding carboxylic acids is 2. The lowest BCUT2D eigenvalue weighted by Gasteiger charge is -2.17. The highest BCUT2D eigenvalue weighted by molar-refractivity contribution is 9.11. The maximum atomic E-state index is 12.1. The van der Waals surface area contributed by atoms with Gasteiger partial charge >= 0.3 is 0 Å². The molecule has 3 N–H and O–H groups in total. The number of hydrogen-bond acceptors (Lipinski definition) is 2. The summed E-state index contributed by atoms with van der Waals surface area (Å²) in [5.74, 6) is -0.561. The molecule has 4 nitrogen and oxygen atoms in total. The van der Waals surface area contributed by atoms with Gasteiger partial charge in [-0.2, -0.15) is 0 Å². The van der Waals surface area contributed by atoms with Crippen LogP contribution in [0, 0.1) is 5.92 Å². The lowest BCUT2D eigenvalue weighted by Crippen LogP contribution is -2.45. The standard InChI is InChI=1S/C13H16Br2N2O2/c1-7(2)3-11(12(16)18)17-13(19)8-4-9(14)6-10(15)5-8/h4-7,11H,3H2,1-2H3,(H2,16,18)(H,17,19)/t11-/m0/s1. The number of hydrogen-bond donors (Lipinski definition) is 2. The first-order valence-corrected chi connectivity index (χ1v) is 7.44. The number of halogens is 2. The van der Waals surface area contributed by atoms with Crippen molar-refractivity contribution in [2.45, 2.75) is 26.3 Å². The zero-order chi connectivity index (χ0) is 14.6. The van der Waals surface area contributed by atoms with Crippen molar-refractivity contribution in [1.29, 1.82) is 0 Å². The molecule has 0 heterocycles. The van der Waals surface area contributed by atoms with E-state index in [2.05, 4.69) is 37.2 Å². The molecule has 0 saturated heterocycles. The Hall–Kier alpha value is -0.880. The van der Waals surface area contributed by atoms with E-state index >= 15 is 0 Å². The largest absolute Gasteiger partial charge is 0.368 e. The van der Waals surface area contributed by atoms with Gasteiger partial charge in [-0.25, -0.2) is 0 Å². The molecular formula is C13H16Br2N2O2. The maximum Gasteiger partial charge on any atom is 0.252 e. The highest BCUT2D eigenvalue weighted by Gasteiger charge is 2.20. The van der Waals surface area contributed by atoms with Crippen molar-refractivity contribution in [3.05, 3.63) is 32.7 Å². The van der Waals surface area contributed by atoms with E-state index in [4.69, 9.17) is 5.73 Å². The van der Waals surface area contributed by atoms with E-state index in [1.165, 1.54) is 0 Å². The first-order chi connectivity index (χ1) is 8.79. The van der Waals surface area contributed by atoms with Crippen LogP contribution in [0.5, 0.6) is 0 Å². The van der Waals surface area contributed by atoms with Gasteiger partial charge in [0.15, 0.2) is 0 Å². The molecule has 0 saturated carbocycles. The van der Waals surface area contributed by atoms with E-state index in [0.717, 1.165) is 8.95 Å². The predicted molar refractivity (Wildman–Crippen MR) is 81.7 cm³/mol. The van der Waals surface area contributed by atoms with Crippen LogP contribution in [0.3, 0.4) is 0 Å². The second-order valence-electron chi connectivity index (χ2n) is 4.72. The van der Waals surface area contributed by atoms with Crippen LogP contribution in [0.1, 0.15) is 30.6 Å². The Bertz CT molecular complexity index is 469. The molecule has 1 atom stereocenters. The summed E-state index contributed by atoms with van der Waals surface area (Å²) in [5, 5.41) is 2.66. The van der Waals surface area contributed by atoms with Crippen molar-refractivity contribution in [2.24, 2.45) is 11.7 Å². The number of primary amides is 1. The van der Waals surface area contributed by atoms with Crippen LogP contribution in [0.4, 0.5) is 0 Å². The summed E-state index contributed by atoms with van der Waals surface area (Å²) in [6, 6.07) is 4.56. The van der Waals surface area contributed by atoms with Crippen LogP contribution in [-0.2, 0) is 4.79 Å². The van der Waals surface area contributed by atoms with Gasteiger partial charge in [-0.05, 0) is 30.5 Å². The second kappa shape index (κ2) is 7.05. The molecule has 0 aromatic heterocycles. The van der Waals surface area contributed by atoms with E-state index in [-0.39, 0.29) is 11.8 Å². The molecule has 0 aliphatic rings. The molecule has 0 unspecified atom stereocenters. The Morgan fingerprint density at radius 2 is 1.74 bits per heavy atom. The van der Waals surface area contributed by atoms with Gasteiger partial charge in [0.05, 0.1) is 0 Å². The van der Waals surface area contributed by atoms with Crippen molar-refractivity contribution in [3.63, 3.8) is 0 Å². The zero-order valence-corrected chi connectivity index (χ0v) is 13.9. The van der Waals surface area contributed by atoms with Gasteiger partial charge in [0, 0.05) is 14.5 Å². The van der Waals surface area contributed by atoms with Crippen molar-refractivity contribution in [3.8, 4) is 0 Å². The molecule has 0 bridgehead atoms. The van der Waals surface area contributed by atoms with Crippen LogP contribution in [0.2, 0.25) is 0 Å². The Morgan fingerprint density at radius 3 is 2.16 bits per heavy atom.